The first-order valence-corrected chi connectivity index (χ1v) is 7.04. The number of carbonyl (C=O) groups excluding carboxylic acids is 1. The lowest BCUT2D eigenvalue weighted by atomic mass is 10.2. The van der Waals surface area contributed by atoms with E-state index in [4.69, 9.17) is 5.73 Å². The molecule has 4 N–H and O–H groups in total. The zero-order valence-corrected chi connectivity index (χ0v) is 11.4. The van der Waals surface area contributed by atoms with Crippen molar-refractivity contribution in [2.45, 2.75) is 6.42 Å². The monoisotopic (exact) mass is 287 g/mol. The lowest BCUT2D eigenvalue weighted by Gasteiger charge is -2.04. The number of nitrogens with two attached hydrogens (primary N) is 1. The lowest BCUT2D eigenvalue weighted by molar-refractivity contribution is 0.102. The third kappa shape index (κ3) is 2.40. The number of hydrogen-bond donors (Lipinski definition) is 3. The Labute approximate surface area is 119 Å². The zero-order chi connectivity index (χ0) is 13.9. The van der Waals surface area contributed by atoms with E-state index in [9.17, 15) is 4.79 Å². The molecule has 0 unspecified atom stereocenters. The Balaban J connectivity index is 1.83. The maximum atomic E-state index is 12.2. The van der Waals surface area contributed by atoms with Gasteiger partial charge in [0.05, 0.1) is 22.4 Å². The highest BCUT2D eigenvalue weighted by Gasteiger charge is 2.12. The highest BCUT2D eigenvalue weighted by atomic mass is 32.1. The number of anilines is 1. The molecule has 2 aromatic heterocycles. The molecule has 0 aliphatic heterocycles. The Hall–Kier alpha value is -2.25. The molecule has 0 aliphatic rings. The standard InChI is InChI=1S/C13H13N5OS/c14-5-4-12-16-11(7-20-12)13(19)17-9-2-1-3-10-8(9)6-15-18-10/h1-3,6-7H,4-5,14H2,(H,15,18)(H,17,19). The minimum Gasteiger partial charge on any atom is -0.330 e. The molecule has 0 spiro atoms. The van der Waals surface area contributed by atoms with Crippen molar-refractivity contribution in [3.05, 3.63) is 40.5 Å². The van der Waals surface area contributed by atoms with Crippen LogP contribution < -0.4 is 11.1 Å². The van der Waals surface area contributed by atoms with Crippen LogP contribution in [0.1, 0.15) is 15.5 Å². The van der Waals surface area contributed by atoms with Gasteiger partial charge < -0.3 is 11.1 Å². The molecule has 0 fully saturated rings. The number of benzene rings is 1. The van der Waals surface area contributed by atoms with Crippen molar-refractivity contribution in [3.8, 4) is 0 Å². The molecule has 0 radical (unpaired) electrons. The first-order valence-electron chi connectivity index (χ1n) is 6.16. The van der Waals surface area contributed by atoms with Gasteiger partial charge in [-0.3, -0.25) is 9.89 Å². The third-order valence-corrected chi connectivity index (χ3v) is 3.78. The van der Waals surface area contributed by atoms with Crippen LogP contribution in [0.3, 0.4) is 0 Å². The van der Waals surface area contributed by atoms with Gasteiger partial charge in [0.1, 0.15) is 5.69 Å². The maximum absolute atomic E-state index is 12.2. The highest BCUT2D eigenvalue weighted by Crippen LogP contribution is 2.22. The van der Waals surface area contributed by atoms with Gasteiger partial charge in [-0.2, -0.15) is 5.10 Å². The number of aromatic amines is 1. The number of hydrogen-bond acceptors (Lipinski definition) is 5. The predicted molar refractivity (Wildman–Crippen MR) is 78.9 cm³/mol. The molecular weight excluding hydrogens is 274 g/mol. The van der Waals surface area contributed by atoms with E-state index >= 15 is 0 Å². The van der Waals surface area contributed by atoms with Crippen molar-refractivity contribution in [1.82, 2.24) is 15.2 Å². The van der Waals surface area contributed by atoms with E-state index < -0.39 is 0 Å². The predicted octanol–water partition coefficient (Wildman–Crippen LogP) is 1.77. The summed E-state index contributed by atoms with van der Waals surface area (Å²) in [4.78, 5) is 16.4. The van der Waals surface area contributed by atoms with E-state index in [0.717, 1.165) is 21.6 Å². The summed E-state index contributed by atoms with van der Waals surface area (Å²) in [5.41, 5.74) is 7.49. The quantitative estimate of drug-likeness (QED) is 0.681. The minimum atomic E-state index is -0.224. The van der Waals surface area contributed by atoms with Crippen LogP contribution in [0.15, 0.2) is 29.8 Å². The number of thiazole rings is 1. The average Bonchev–Trinajstić information content (AvgIpc) is 3.08. The van der Waals surface area contributed by atoms with Crippen molar-refractivity contribution in [3.63, 3.8) is 0 Å². The molecule has 0 atom stereocenters. The van der Waals surface area contributed by atoms with Gasteiger partial charge >= 0.3 is 0 Å². The molecule has 2 heterocycles. The second kappa shape index (κ2) is 5.40. The van der Waals surface area contributed by atoms with E-state index in [0.29, 0.717) is 18.7 Å². The summed E-state index contributed by atoms with van der Waals surface area (Å²) in [5, 5.41) is 13.2. The maximum Gasteiger partial charge on any atom is 0.275 e. The minimum absolute atomic E-state index is 0.224. The van der Waals surface area contributed by atoms with Crippen molar-refractivity contribution in [2.24, 2.45) is 5.73 Å². The van der Waals surface area contributed by atoms with E-state index in [2.05, 4.69) is 20.5 Å². The number of nitrogens with zero attached hydrogens (tertiary/aromatic N) is 2. The second-order valence-corrected chi connectivity index (χ2v) is 5.20. The molecule has 1 aromatic carbocycles. The van der Waals surface area contributed by atoms with Crippen LogP contribution >= 0.6 is 11.3 Å². The van der Waals surface area contributed by atoms with Gasteiger partial charge in [0.15, 0.2) is 0 Å². The number of amides is 1. The number of rotatable bonds is 4. The first kappa shape index (κ1) is 12.8. The van der Waals surface area contributed by atoms with Gasteiger partial charge in [-0.25, -0.2) is 4.98 Å². The highest BCUT2D eigenvalue weighted by molar-refractivity contribution is 7.09. The SMILES string of the molecule is NCCc1nc(C(=O)Nc2cccc3[nH]ncc23)cs1. The van der Waals surface area contributed by atoms with Gasteiger partial charge in [-0.05, 0) is 18.7 Å². The van der Waals surface area contributed by atoms with Crippen LogP contribution in [0.4, 0.5) is 5.69 Å². The summed E-state index contributed by atoms with van der Waals surface area (Å²) in [7, 11) is 0. The summed E-state index contributed by atoms with van der Waals surface area (Å²) in [5.74, 6) is -0.224. The molecule has 0 saturated carbocycles. The summed E-state index contributed by atoms with van der Waals surface area (Å²) in [6, 6.07) is 5.60. The smallest absolute Gasteiger partial charge is 0.275 e. The Morgan fingerprint density at radius 3 is 3.20 bits per heavy atom. The van der Waals surface area contributed by atoms with Crippen LogP contribution in [0.25, 0.3) is 10.9 Å². The van der Waals surface area contributed by atoms with E-state index in [1.807, 2.05) is 18.2 Å². The molecule has 6 nitrogen and oxygen atoms in total. The molecule has 7 heteroatoms. The van der Waals surface area contributed by atoms with Crippen molar-refractivity contribution in [2.75, 3.05) is 11.9 Å². The Kier molecular flexibility index (Phi) is 3.44. The fourth-order valence-electron chi connectivity index (χ4n) is 1.92. The average molecular weight is 287 g/mol. The van der Waals surface area contributed by atoms with Crippen LogP contribution in [0.5, 0.6) is 0 Å². The van der Waals surface area contributed by atoms with Crippen LogP contribution in [-0.4, -0.2) is 27.6 Å². The molecule has 3 aromatic rings. The Morgan fingerprint density at radius 2 is 2.35 bits per heavy atom. The van der Waals surface area contributed by atoms with Crippen LogP contribution in [-0.2, 0) is 6.42 Å². The number of fused-ring (bicyclic) bond motifs is 1. The number of H-pyrrole nitrogens is 1. The van der Waals surface area contributed by atoms with Gasteiger partial charge in [0.2, 0.25) is 0 Å². The van der Waals surface area contributed by atoms with Crippen molar-refractivity contribution in [1.29, 1.82) is 0 Å². The lowest BCUT2D eigenvalue weighted by Crippen LogP contribution is -2.13. The normalized spacial score (nSPS) is 10.8. The molecular formula is C13H13N5OS. The summed E-state index contributed by atoms with van der Waals surface area (Å²) in [6.07, 6.45) is 2.38. The van der Waals surface area contributed by atoms with Crippen molar-refractivity contribution >= 4 is 33.8 Å². The summed E-state index contributed by atoms with van der Waals surface area (Å²) < 4.78 is 0. The zero-order valence-electron chi connectivity index (χ0n) is 10.6. The number of carbonyl (C=O) groups is 1. The molecule has 102 valence electrons. The third-order valence-electron chi connectivity index (χ3n) is 2.88. The topological polar surface area (TPSA) is 96.7 Å². The van der Waals surface area contributed by atoms with Crippen LogP contribution in [0.2, 0.25) is 0 Å². The molecule has 20 heavy (non-hydrogen) atoms. The molecule has 0 aliphatic carbocycles. The first-order chi connectivity index (χ1) is 9.78. The number of nitrogens with one attached hydrogen (secondary N) is 2. The van der Waals surface area contributed by atoms with Crippen molar-refractivity contribution < 1.29 is 4.79 Å². The van der Waals surface area contributed by atoms with Gasteiger partial charge in [0, 0.05) is 17.2 Å². The molecule has 0 bridgehead atoms. The van der Waals surface area contributed by atoms with E-state index in [1.54, 1.807) is 11.6 Å². The van der Waals surface area contributed by atoms with Gasteiger partial charge in [-0.15, -0.1) is 11.3 Å². The molecule has 0 saturated heterocycles. The summed E-state index contributed by atoms with van der Waals surface area (Å²) >= 11 is 1.45. The molecule has 1 amide bonds. The number of aromatic nitrogens is 3. The fourth-order valence-corrected chi connectivity index (χ4v) is 2.71. The largest absolute Gasteiger partial charge is 0.330 e. The van der Waals surface area contributed by atoms with Gasteiger partial charge in [0.25, 0.3) is 5.91 Å². The van der Waals surface area contributed by atoms with E-state index in [1.165, 1.54) is 11.3 Å². The second-order valence-electron chi connectivity index (χ2n) is 4.26. The summed E-state index contributed by atoms with van der Waals surface area (Å²) in [6.45, 7) is 0.531. The Bertz CT molecular complexity index is 748. The Morgan fingerprint density at radius 1 is 1.45 bits per heavy atom. The van der Waals surface area contributed by atoms with E-state index in [-0.39, 0.29) is 5.91 Å². The fraction of sp³-hybridized carbons (Fsp3) is 0.154. The molecule has 3 rings (SSSR count). The van der Waals surface area contributed by atoms with Gasteiger partial charge in [-0.1, -0.05) is 6.07 Å². The van der Waals surface area contributed by atoms with Crippen LogP contribution in [0, 0.1) is 0 Å².